The van der Waals surface area contributed by atoms with Crippen molar-refractivity contribution in [3.63, 3.8) is 0 Å². The SMILES string of the molecule is C=C(CC)P1C(CC)CC1C1CC2CC=CC2C1C. The smallest absolute Gasteiger partial charge is 0.0132 e. The summed E-state index contributed by atoms with van der Waals surface area (Å²) in [4.78, 5) is 0. The molecule has 0 N–H and O–H groups in total. The van der Waals surface area contributed by atoms with Gasteiger partial charge in [0.1, 0.15) is 0 Å². The zero-order valence-electron chi connectivity index (χ0n) is 12.8. The fourth-order valence-electron chi connectivity index (χ4n) is 5.00. The number of fused-ring (bicyclic) bond motifs is 1. The van der Waals surface area contributed by atoms with Gasteiger partial charge in [0.25, 0.3) is 0 Å². The molecule has 1 aliphatic heterocycles. The Bertz CT molecular complexity index is 383. The molecule has 3 rings (SSSR count). The van der Waals surface area contributed by atoms with Crippen LogP contribution >= 0.6 is 7.92 Å². The molecule has 0 spiro atoms. The summed E-state index contributed by atoms with van der Waals surface area (Å²) < 4.78 is 0. The molecule has 1 heteroatoms. The maximum Gasteiger partial charge on any atom is -0.0132 e. The van der Waals surface area contributed by atoms with Crippen LogP contribution in [0.2, 0.25) is 0 Å². The first-order valence-electron chi connectivity index (χ1n) is 8.30. The van der Waals surface area contributed by atoms with Gasteiger partial charge in [0, 0.05) is 0 Å². The van der Waals surface area contributed by atoms with E-state index in [-0.39, 0.29) is 7.92 Å². The number of rotatable bonds is 4. The molecule has 2 aliphatic carbocycles. The molecule has 2 fully saturated rings. The van der Waals surface area contributed by atoms with Crippen LogP contribution in [0.25, 0.3) is 0 Å². The lowest BCUT2D eigenvalue weighted by Crippen LogP contribution is -2.37. The van der Waals surface area contributed by atoms with Crippen LogP contribution in [0, 0.1) is 23.7 Å². The van der Waals surface area contributed by atoms with Crippen molar-refractivity contribution in [2.75, 3.05) is 0 Å². The standard InChI is InChI=1S/C18H29P/c1-5-12(3)19-15(6-2)11-18(19)17-10-14-8-7-9-16(14)13(17)4/h7,9,13-18H,3,5-6,8,10-11H2,1-2,4H3. The maximum atomic E-state index is 4.43. The van der Waals surface area contributed by atoms with E-state index in [4.69, 9.17) is 0 Å². The second kappa shape index (κ2) is 5.36. The van der Waals surface area contributed by atoms with Crippen LogP contribution < -0.4 is 0 Å². The van der Waals surface area contributed by atoms with Gasteiger partial charge >= 0.3 is 0 Å². The van der Waals surface area contributed by atoms with Gasteiger partial charge in [-0.25, -0.2) is 0 Å². The molecule has 0 aromatic heterocycles. The summed E-state index contributed by atoms with van der Waals surface area (Å²) in [5.74, 6) is 3.85. The Balaban J connectivity index is 1.72. The third kappa shape index (κ3) is 2.15. The van der Waals surface area contributed by atoms with Crippen molar-refractivity contribution < 1.29 is 0 Å². The molecular weight excluding hydrogens is 247 g/mol. The molecule has 7 unspecified atom stereocenters. The summed E-state index contributed by atoms with van der Waals surface area (Å²) in [6, 6.07) is 0. The van der Waals surface area contributed by atoms with Gasteiger partial charge in [0.15, 0.2) is 0 Å². The van der Waals surface area contributed by atoms with Gasteiger partial charge in [0.05, 0.1) is 0 Å². The van der Waals surface area contributed by atoms with Gasteiger partial charge in [-0.15, -0.1) is 0 Å². The van der Waals surface area contributed by atoms with Crippen molar-refractivity contribution in [2.45, 2.75) is 64.2 Å². The largest absolute Gasteiger partial charge is 0.0953 e. The summed E-state index contributed by atoms with van der Waals surface area (Å²) in [5.41, 5.74) is 2.04. The van der Waals surface area contributed by atoms with E-state index in [0.717, 1.165) is 35.0 Å². The van der Waals surface area contributed by atoms with Crippen molar-refractivity contribution in [2.24, 2.45) is 23.7 Å². The first-order chi connectivity index (χ1) is 9.17. The predicted octanol–water partition coefficient (Wildman–Crippen LogP) is 5.79. The zero-order chi connectivity index (χ0) is 13.6. The van der Waals surface area contributed by atoms with Gasteiger partial charge in [-0.2, -0.15) is 0 Å². The number of hydrogen-bond acceptors (Lipinski definition) is 0. The second-order valence-electron chi connectivity index (χ2n) is 6.95. The van der Waals surface area contributed by atoms with E-state index in [1.165, 1.54) is 32.1 Å². The quantitative estimate of drug-likeness (QED) is 0.450. The summed E-state index contributed by atoms with van der Waals surface area (Å²) in [6.07, 6.45) is 12.0. The van der Waals surface area contributed by atoms with Gasteiger partial charge in [0.2, 0.25) is 0 Å². The number of allylic oxidation sites excluding steroid dienone is 3. The van der Waals surface area contributed by atoms with Crippen molar-refractivity contribution >= 4 is 7.92 Å². The molecule has 19 heavy (non-hydrogen) atoms. The van der Waals surface area contributed by atoms with E-state index in [1.807, 2.05) is 0 Å². The van der Waals surface area contributed by atoms with E-state index in [2.05, 4.69) is 39.5 Å². The van der Waals surface area contributed by atoms with Crippen molar-refractivity contribution in [3.05, 3.63) is 24.0 Å². The highest BCUT2D eigenvalue weighted by Gasteiger charge is 2.51. The summed E-state index contributed by atoms with van der Waals surface area (Å²) >= 11 is 0. The molecule has 0 nitrogen and oxygen atoms in total. The van der Waals surface area contributed by atoms with Gasteiger partial charge in [-0.1, -0.05) is 52.7 Å². The van der Waals surface area contributed by atoms with Crippen LogP contribution in [0.1, 0.15) is 52.9 Å². The Morgan fingerprint density at radius 2 is 2.11 bits per heavy atom. The fraction of sp³-hybridized carbons (Fsp3) is 0.778. The summed E-state index contributed by atoms with van der Waals surface area (Å²) in [7, 11) is 0.139. The lowest BCUT2D eigenvalue weighted by Gasteiger charge is -2.50. The van der Waals surface area contributed by atoms with Crippen LogP contribution in [0.15, 0.2) is 24.0 Å². The topological polar surface area (TPSA) is 0 Å². The van der Waals surface area contributed by atoms with Crippen LogP contribution in [0.3, 0.4) is 0 Å². The van der Waals surface area contributed by atoms with E-state index in [0.29, 0.717) is 0 Å². The first-order valence-corrected chi connectivity index (χ1v) is 9.78. The van der Waals surface area contributed by atoms with Gasteiger partial charge in [-0.3, -0.25) is 0 Å². The van der Waals surface area contributed by atoms with E-state index < -0.39 is 0 Å². The molecule has 1 heterocycles. The minimum absolute atomic E-state index is 0.139. The van der Waals surface area contributed by atoms with Crippen molar-refractivity contribution in [1.29, 1.82) is 0 Å². The third-order valence-corrected chi connectivity index (χ3v) is 9.92. The molecule has 0 bridgehead atoms. The van der Waals surface area contributed by atoms with E-state index in [9.17, 15) is 0 Å². The Labute approximate surface area is 120 Å². The fourth-order valence-corrected chi connectivity index (χ4v) is 8.63. The highest BCUT2D eigenvalue weighted by Crippen LogP contribution is 2.71. The van der Waals surface area contributed by atoms with Crippen molar-refractivity contribution in [3.8, 4) is 0 Å². The molecule has 1 saturated carbocycles. The predicted molar refractivity (Wildman–Crippen MR) is 86.8 cm³/mol. The lowest BCUT2D eigenvalue weighted by atomic mass is 9.86. The average molecular weight is 276 g/mol. The minimum Gasteiger partial charge on any atom is -0.0953 e. The second-order valence-corrected chi connectivity index (χ2v) is 9.79. The minimum atomic E-state index is 0.139. The molecular formula is C18H29P. The van der Waals surface area contributed by atoms with Gasteiger partial charge in [-0.05, 0) is 67.1 Å². The van der Waals surface area contributed by atoms with Gasteiger partial charge < -0.3 is 0 Å². The van der Waals surface area contributed by atoms with E-state index in [1.54, 1.807) is 5.31 Å². The first kappa shape index (κ1) is 13.9. The molecule has 3 aliphatic rings. The molecule has 106 valence electrons. The zero-order valence-corrected chi connectivity index (χ0v) is 13.7. The molecule has 0 radical (unpaired) electrons. The van der Waals surface area contributed by atoms with Crippen molar-refractivity contribution in [1.82, 2.24) is 0 Å². The Morgan fingerprint density at radius 3 is 2.74 bits per heavy atom. The Hall–Kier alpha value is -0.0900. The summed E-state index contributed by atoms with van der Waals surface area (Å²) in [5, 5.41) is 1.61. The molecule has 7 atom stereocenters. The summed E-state index contributed by atoms with van der Waals surface area (Å²) in [6.45, 7) is 11.7. The Morgan fingerprint density at radius 1 is 1.32 bits per heavy atom. The average Bonchev–Trinajstić information content (AvgIpc) is 2.93. The number of hydrogen-bond donors (Lipinski definition) is 0. The highest BCUT2D eigenvalue weighted by molar-refractivity contribution is 7.65. The molecule has 0 aromatic carbocycles. The maximum absolute atomic E-state index is 4.43. The normalized spacial score (nSPS) is 48.1. The van der Waals surface area contributed by atoms with Crippen LogP contribution in [-0.4, -0.2) is 11.3 Å². The van der Waals surface area contributed by atoms with Crippen LogP contribution in [-0.2, 0) is 0 Å². The third-order valence-electron chi connectivity index (χ3n) is 6.20. The van der Waals surface area contributed by atoms with Crippen LogP contribution in [0.5, 0.6) is 0 Å². The highest BCUT2D eigenvalue weighted by atomic mass is 31.1. The van der Waals surface area contributed by atoms with Crippen LogP contribution in [0.4, 0.5) is 0 Å². The molecule has 1 saturated heterocycles. The molecule has 0 amide bonds. The Kier molecular flexibility index (Phi) is 3.91. The molecule has 0 aromatic rings. The monoisotopic (exact) mass is 276 g/mol. The van der Waals surface area contributed by atoms with E-state index >= 15 is 0 Å². The lowest BCUT2D eigenvalue weighted by molar-refractivity contribution is 0.337.